The van der Waals surface area contributed by atoms with Crippen LogP contribution < -0.4 is 20.1 Å². The summed E-state index contributed by atoms with van der Waals surface area (Å²) in [5, 5.41) is 6.55. The van der Waals surface area contributed by atoms with Crippen molar-refractivity contribution >= 4 is 21.7 Å². The van der Waals surface area contributed by atoms with Crippen LogP contribution in [0.25, 0.3) is 11.3 Å². The van der Waals surface area contributed by atoms with Gasteiger partial charge in [0.15, 0.2) is 11.6 Å². The van der Waals surface area contributed by atoms with Crippen LogP contribution in [0.3, 0.4) is 0 Å². The molecule has 0 unspecified atom stereocenters. The first-order valence-corrected chi connectivity index (χ1v) is 14.1. The highest BCUT2D eigenvalue weighted by molar-refractivity contribution is 7.91. The second-order valence-corrected chi connectivity index (χ2v) is 10.8. The summed E-state index contributed by atoms with van der Waals surface area (Å²) in [4.78, 5) is 12.8. The molecule has 1 saturated heterocycles. The van der Waals surface area contributed by atoms with Crippen LogP contribution in [0.1, 0.15) is 18.4 Å². The largest absolute Gasteiger partial charge is 0.432 e. The van der Waals surface area contributed by atoms with Gasteiger partial charge in [-0.1, -0.05) is 30.3 Å². The van der Waals surface area contributed by atoms with Crippen molar-refractivity contribution < 1.29 is 26.3 Å². The minimum atomic E-state index is -4.17. The fourth-order valence-corrected chi connectivity index (χ4v) is 5.43. The Labute approximate surface area is 228 Å². The van der Waals surface area contributed by atoms with Gasteiger partial charge in [0.1, 0.15) is 0 Å². The highest BCUT2D eigenvalue weighted by atomic mass is 32.2. The van der Waals surface area contributed by atoms with Gasteiger partial charge in [-0.2, -0.15) is 4.39 Å². The van der Waals surface area contributed by atoms with Crippen molar-refractivity contribution in [3.63, 3.8) is 0 Å². The maximum Gasteiger partial charge on any atom is 0.237 e. The molecule has 208 valence electrons. The highest BCUT2D eigenvalue weighted by Crippen LogP contribution is 2.36. The number of rotatable bonds is 9. The van der Waals surface area contributed by atoms with Crippen molar-refractivity contribution in [3.05, 3.63) is 90.0 Å². The van der Waals surface area contributed by atoms with Crippen molar-refractivity contribution in [1.29, 1.82) is 0 Å². The van der Waals surface area contributed by atoms with Gasteiger partial charge in [-0.15, -0.1) is 0 Å². The molecule has 1 aliphatic heterocycles. The third-order valence-electron chi connectivity index (χ3n) is 6.11. The van der Waals surface area contributed by atoms with Crippen molar-refractivity contribution in [2.24, 2.45) is 0 Å². The molecule has 3 N–H and O–H groups in total. The third-order valence-corrected chi connectivity index (χ3v) is 7.36. The lowest BCUT2D eigenvalue weighted by Gasteiger charge is -2.23. The normalized spacial score (nSPS) is 15.4. The standard InChI is InChI=1S/C27H25F3N6O3S/c28-20-14-22(36-40(37,38)16-17-6-2-1-3-7-17)23(29)24(30)25(20)39-26-19(9-5-12-32-26)21-10-13-33-27(35-21)34-18-8-4-11-31-15-18/h1-3,5-7,9-10,12-14,18,31,36H,4,8,11,15-16H2,(H,33,34,35)/t18-/m0/s1. The molecule has 1 fully saturated rings. The number of anilines is 2. The van der Waals surface area contributed by atoms with Crippen LogP contribution >= 0.6 is 0 Å². The SMILES string of the molecule is O=S(=O)(Cc1ccccc1)Nc1cc(F)c(Oc2ncccc2-c2ccnc(N[C@H]3CCCNC3)n2)c(F)c1F. The van der Waals surface area contributed by atoms with Gasteiger partial charge >= 0.3 is 0 Å². The van der Waals surface area contributed by atoms with E-state index < -0.39 is 44.7 Å². The second-order valence-electron chi connectivity index (χ2n) is 9.12. The zero-order valence-electron chi connectivity index (χ0n) is 21.1. The van der Waals surface area contributed by atoms with Crippen LogP contribution in [-0.2, 0) is 15.8 Å². The smallest absolute Gasteiger partial charge is 0.237 e. The Bertz CT molecular complexity index is 1600. The molecule has 0 amide bonds. The quantitative estimate of drug-likeness (QED) is 0.245. The van der Waals surface area contributed by atoms with Gasteiger partial charge in [-0.05, 0) is 43.1 Å². The van der Waals surface area contributed by atoms with E-state index in [1.807, 2.05) is 4.72 Å². The van der Waals surface area contributed by atoms with E-state index in [2.05, 4.69) is 25.6 Å². The van der Waals surface area contributed by atoms with E-state index >= 15 is 8.78 Å². The number of nitrogens with zero attached hydrogens (tertiary/aromatic N) is 3. The van der Waals surface area contributed by atoms with E-state index in [0.717, 1.165) is 25.9 Å². The van der Waals surface area contributed by atoms with Gasteiger partial charge in [0.2, 0.25) is 33.4 Å². The average Bonchev–Trinajstić information content (AvgIpc) is 2.95. The first-order chi connectivity index (χ1) is 19.3. The van der Waals surface area contributed by atoms with E-state index in [9.17, 15) is 12.8 Å². The van der Waals surface area contributed by atoms with Crippen LogP contribution in [-0.4, -0.2) is 42.5 Å². The molecular formula is C27H25F3N6O3S. The topological polar surface area (TPSA) is 118 Å². The number of hydrogen-bond acceptors (Lipinski definition) is 8. The number of pyridine rings is 1. The first kappa shape index (κ1) is 27.3. The lowest BCUT2D eigenvalue weighted by molar-refractivity contribution is 0.379. The summed E-state index contributed by atoms with van der Waals surface area (Å²) in [6, 6.07) is 13.5. The second kappa shape index (κ2) is 11.9. The molecule has 0 bridgehead atoms. The molecule has 1 aliphatic rings. The van der Waals surface area contributed by atoms with Gasteiger partial charge < -0.3 is 15.4 Å². The predicted octanol–water partition coefficient (Wildman–Crippen LogP) is 4.85. The molecule has 13 heteroatoms. The Morgan fingerprint density at radius 2 is 1.82 bits per heavy atom. The maximum absolute atomic E-state index is 15.0. The van der Waals surface area contributed by atoms with Crippen molar-refractivity contribution in [2.75, 3.05) is 23.1 Å². The van der Waals surface area contributed by atoms with Gasteiger partial charge in [0, 0.05) is 31.0 Å². The molecule has 3 heterocycles. The van der Waals surface area contributed by atoms with E-state index in [0.29, 0.717) is 23.3 Å². The Kier molecular flexibility index (Phi) is 8.12. The molecule has 5 rings (SSSR count). The minimum absolute atomic E-state index is 0.142. The van der Waals surface area contributed by atoms with E-state index in [-0.39, 0.29) is 17.5 Å². The molecule has 4 aromatic rings. The molecule has 2 aromatic heterocycles. The summed E-state index contributed by atoms with van der Waals surface area (Å²) in [6.07, 6.45) is 4.82. The van der Waals surface area contributed by atoms with E-state index in [4.69, 9.17) is 4.74 Å². The zero-order chi connectivity index (χ0) is 28.1. The lowest BCUT2D eigenvalue weighted by Crippen LogP contribution is -2.38. The summed E-state index contributed by atoms with van der Waals surface area (Å²) >= 11 is 0. The fraction of sp³-hybridized carbons (Fsp3) is 0.222. The van der Waals surface area contributed by atoms with Crippen LogP contribution in [0.15, 0.2) is 67.0 Å². The van der Waals surface area contributed by atoms with Crippen LogP contribution in [0, 0.1) is 17.5 Å². The third kappa shape index (κ3) is 6.49. The summed E-state index contributed by atoms with van der Waals surface area (Å²) in [5.74, 6) is -6.15. The predicted molar refractivity (Wildman–Crippen MR) is 144 cm³/mol. The number of sulfonamides is 1. The number of halogens is 3. The number of ether oxygens (including phenoxy) is 1. The molecule has 40 heavy (non-hydrogen) atoms. The number of piperidine rings is 1. The molecule has 9 nitrogen and oxygen atoms in total. The van der Waals surface area contributed by atoms with Crippen molar-refractivity contribution in [2.45, 2.75) is 24.6 Å². The number of nitrogens with one attached hydrogen (secondary N) is 3. The van der Waals surface area contributed by atoms with Crippen LogP contribution in [0.5, 0.6) is 11.6 Å². The summed E-state index contributed by atoms with van der Waals surface area (Å²) in [7, 11) is -4.17. The van der Waals surface area contributed by atoms with Crippen LogP contribution in [0.4, 0.5) is 24.8 Å². The zero-order valence-corrected chi connectivity index (χ0v) is 21.9. The van der Waals surface area contributed by atoms with Crippen molar-refractivity contribution in [3.8, 4) is 22.9 Å². The molecule has 0 aliphatic carbocycles. The van der Waals surface area contributed by atoms with Gasteiger partial charge in [-0.25, -0.2) is 32.2 Å². The van der Waals surface area contributed by atoms with E-state index in [1.54, 1.807) is 48.5 Å². The first-order valence-electron chi connectivity index (χ1n) is 12.4. The fourth-order valence-electron chi connectivity index (χ4n) is 4.24. The number of hydrogen-bond donors (Lipinski definition) is 3. The number of benzene rings is 2. The van der Waals surface area contributed by atoms with Gasteiger partial charge in [0.25, 0.3) is 0 Å². The monoisotopic (exact) mass is 570 g/mol. The summed E-state index contributed by atoms with van der Waals surface area (Å²) < 4.78 is 77.2. The lowest BCUT2D eigenvalue weighted by atomic mass is 10.1. The number of aromatic nitrogens is 3. The van der Waals surface area contributed by atoms with E-state index in [1.165, 1.54) is 12.4 Å². The molecule has 0 radical (unpaired) electrons. The highest BCUT2D eigenvalue weighted by Gasteiger charge is 2.25. The molecule has 0 spiro atoms. The summed E-state index contributed by atoms with van der Waals surface area (Å²) in [6.45, 7) is 1.71. The Morgan fingerprint density at radius 1 is 1.00 bits per heavy atom. The Hall–Kier alpha value is -4.23. The average molecular weight is 571 g/mol. The molecule has 1 atom stereocenters. The minimum Gasteiger partial charge on any atom is -0.432 e. The Morgan fingerprint density at radius 3 is 2.60 bits per heavy atom. The summed E-state index contributed by atoms with van der Waals surface area (Å²) in [5.41, 5.74) is 0.165. The Balaban J connectivity index is 1.39. The maximum atomic E-state index is 15.0. The van der Waals surface area contributed by atoms with Crippen molar-refractivity contribution in [1.82, 2.24) is 20.3 Å². The molecule has 2 aromatic carbocycles. The molecule has 0 saturated carbocycles. The van der Waals surface area contributed by atoms with Gasteiger partial charge in [-0.3, -0.25) is 4.72 Å². The van der Waals surface area contributed by atoms with Crippen LogP contribution in [0.2, 0.25) is 0 Å². The van der Waals surface area contributed by atoms with Gasteiger partial charge in [0.05, 0.1) is 22.7 Å². The molecular weight excluding hydrogens is 545 g/mol.